The molecule has 2 heterocycles. The van der Waals surface area contributed by atoms with Crippen LogP contribution >= 0.6 is 0 Å². The molecule has 90 valence electrons. The molecule has 17 heavy (non-hydrogen) atoms. The lowest BCUT2D eigenvalue weighted by atomic mass is 9.82. The van der Waals surface area contributed by atoms with Crippen LogP contribution in [0.3, 0.4) is 0 Å². The van der Waals surface area contributed by atoms with E-state index in [1.165, 1.54) is 0 Å². The Balaban J connectivity index is 2.36. The fourth-order valence-electron chi connectivity index (χ4n) is 1.72. The summed E-state index contributed by atoms with van der Waals surface area (Å²) in [5.74, 6) is 0. The molecule has 0 radical (unpaired) electrons. The highest BCUT2D eigenvalue weighted by Crippen LogP contribution is 2.36. The van der Waals surface area contributed by atoms with Crippen molar-refractivity contribution in [2.75, 3.05) is 0 Å². The minimum Gasteiger partial charge on any atom is -0.398 e. The van der Waals surface area contributed by atoms with Crippen LogP contribution in [0.25, 0.3) is 0 Å². The average Bonchev–Trinajstić information content (AvgIpc) is 2.65. The third kappa shape index (κ3) is 1.86. The molecule has 1 aromatic rings. The molecule has 0 unspecified atom stereocenters. The van der Waals surface area contributed by atoms with E-state index in [1.54, 1.807) is 17.9 Å². The second-order valence-corrected chi connectivity index (χ2v) is 5.30. The van der Waals surface area contributed by atoms with Gasteiger partial charge in [0, 0.05) is 13.2 Å². The van der Waals surface area contributed by atoms with Gasteiger partial charge in [-0.3, -0.25) is 4.68 Å². The first kappa shape index (κ1) is 12.2. The number of rotatable bonds is 1. The standard InChI is InChI=1S/C11H16BN3O2/c1-10(2)11(3,4)17-12(16-10)9-8(6-13)7-15(5)14-9/h7H,1-5H3. The Labute approximate surface area is 101 Å². The van der Waals surface area contributed by atoms with Crippen molar-refractivity contribution in [1.29, 1.82) is 5.26 Å². The summed E-state index contributed by atoms with van der Waals surface area (Å²) in [6, 6.07) is 2.10. The number of aromatic nitrogens is 2. The molecule has 5 nitrogen and oxygen atoms in total. The molecule has 2 rings (SSSR count). The maximum absolute atomic E-state index is 9.04. The van der Waals surface area contributed by atoms with E-state index in [2.05, 4.69) is 11.2 Å². The van der Waals surface area contributed by atoms with E-state index < -0.39 is 18.3 Å². The van der Waals surface area contributed by atoms with Crippen LogP contribution in [0.5, 0.6) is 0 Å². The zero-order chi connectivity index (χ0) is 12.8. The maximum atomic E-state index is 9.04. The second kappa shape index (κ2) is 3.59. The highest BCUT2D eigenvalue weighted by atomic mass is 16.7. The van der Waals surface area contributed by atoms with Crippen LogP contribution in [0.2, 0.25) is 0 Å². The van der Waals surface area contributed by atoms with Gasteiger partial charge in [0.2, 0.25) is 0 Å². The van der Waals surface area contributed by atoms with Crippen LogP contribution in [0.1, 0.15) is 33.3 Å². The van der Waals surface area contributed by atoms with Gasteiger partial charge >= 0.3 is 7.12 Å². The first-order valence-corrected chi connectivity index (χ1v) is 5.56. The van der Waals surface area contributed by atoms with Gasteiger partial charge in [0.15, 0.2) is 0 Å². The number of nitrogens with zero attached hydrogens (tertiary/aromatic N) is 3. The molecule has 0 bridgehead atoms. The van der Waals surface area contributed by atoms with E-state index in [-0.39, 0.29) is 0 Å². The average molecular weight is 233 g/mol. The number of hydrogen-bond acceptors (Lipinski definition) is 4. The van der Waals surface area contributed by atoms with Gasteiger partial charge in [0.25, 0.3) is 0 Å². The highest BCUT2D eigenvalue weighted by molar-refractivity contribution is 6.61. The summed E-state index contributed by atoms with van der Waals surface area (Å²) in [5.41, 5.74) is 0.212. The summed E-state index contributed by atoms with van der Waals surface area (Å²) in [5, 5.41) is 13.3. The molecule has 0 aliphatic carbocycles. The van der Waals surface area contributed by atoms with Gasteiger partial charge in [0.05, 0.1) is 16.8 Å². The molecule has 0 saturated carbocycles. The van der Waals surface area contributed by atoms with E-state index in [0.717, 1.165) is 0 Å². The van der Waals surface area contributed by atoms with Crippen LogP contribution in [-0.2, 0) is 16.4 Å². The summed E-state index contributed by atoms with van der Waals surface area (Å²) in [4.78, 5) is 0. The van der Waals surface area contributed by atoms with Crippen molar-refractivity contribution in [2.45, 2.75) is 38.9 Å². The summed E-state index contributed by atoms with van der Waals surface area (Å²) < 4.78 is 13.3. The predicted molar refractivity (Wildman–Crippen MR) is 63.6 cm³/mol. The first-order valence-electron chi connectivity index (χ1n) is 5.56. The molecule has 1 fully saturated rings. The Morgan fingerprint density at radius 2 is 1.82 bits per heavy atom. The molecule has 0 amide bonds. The van der Waals surface area contributed by atoms with E-state index in [1.807, 2.05) is 27.7 Å². The second-order valence-electron chi connectivity index (χ2n) is 5.30. The fraction of sp³-hybridized carbons (Fsp3) is 0.636. The van der Waals surface area contributed by atoms with Gasteiger partial charge in [-0.05, 0) is 27.7 Å². The third-order valence-electron chi connectivity index (χ3n) is 3.45. The van der Waals surface area contributed by atoms with Crippen LogP contribution in [0, 0.1) is 11.3 Å². The molecular formula is C11H16BN3O2. The molecule has 0 atom stereocenters. The van der Waals surface area contributed by atoms with Crippen molar-refractivity contribution in [3.63, 3.8) is 0 Å². The molecule has 0 aromatic carbocycles. The Kier molecular flexibility index (Phi) is 2.56. The van der Waals surface area contributed by atoms with E-state index in [4.69, 9.17) is 14.6 Å². The number of aryl methyl sites for hydroxylation is 1. The fourth-order valence-corrected chi connectivity index (χ4v) is 1.72. The van der Waals surface area contributed by atoms with Crippen molar-refractivity contribution < 1.29 is 9.31 Å². The SMILES string of the molecule is Cn1cc(C#N)c(B2OC(C)(C)C(C)(C)O2)n1. The van der Waals surface area contributed by atoms with Crippen LogP contribution in [-0.4, -0.2) is 28.1 Å². The molecule has 1 aliphatic rings. The lowest BCUT2D eigenvalue weighted by Crippen LogP contribution is -2.41. The normalized spacial score (nSPS) is 21.5. The van der Waals surface area contributed by atoms with Gasteiger partial charge in [0.1, 0.15) is 11.7 Å². The van der Waals surface area contributed by atoms with Gasteiger partial charge < -0.3 is 9.31 Å². The Morgan fingerprint density at radius 1 is 1.29 bits per heavy atom. The Morgan fingerprint density at radius 3 is 2.29 bits per heavy atom. The topological polar surface area (TPSA) is 60.1 Å². The van der Waals surface area contributed by atoms with E-state index in [0.29, 0.717) is 11.2 Å². The molecule has 1 aliphatic heterocycles. The summed E-state index contributed by atoms with van der Waals surface area (Å²) in [6.07, 6.45) is 1.67. The number of hydrogen-bond donors (Lipinski definition) is 0. The van der Waals surface area contributed by atoms with Crippen LogP contribution in [0.4, 0.5) is 0 Å². The molecule has 1 aromatic heterocycles. The zero-order valence-electron chi connectivity index (χ0n) is 10.8. The zero-order valence-corrected chi connectivity index (χ0v) is 10.8. The van der Waals surface area contributed by atoms with Gasteiger partial charge in [-0.25, -0.2) is 0 Å². The van der Waals surface area contributed by atoms with Gasteiger partial charge in [-0.15, -0.1) is 0 Å². The Hall–Kier alpha value is -1.32. The lowest BCUT2D eigenvalue weighted by molar-refractivity contribution is 0.00578. The highest BCUT2D eigenvalue weighted by Gasteiger charge is 2.53. The van der Waals surface area contributed by atoms with Crippen molar-refractivity contribution in [3.05, 3.63) is 11.8 Å². The van der Waals surface area contributed by atoms with Crippen molar-refractivity contribution in [1.82, 2.24) is 9.78 Å². The molecule has 1 saturated heterocycles. The van der Waals surface area contributed by atoms with Crippen LogP contribution < -0.4 is 5.59 Å². The summed E-state index contributed by atoms with van der Waals surface area (Å²) in [6.45, 7) is 7.90. The maximum Gasteiger partial charge on any atom is 0.517 e. The van der Waals surface area contributed by atoms with Crippen molar-refractivity contribution in [2.24, 2.45) is 7.05 Å². The summed E-state index contributed by atoms with van der Waals surface area (Å²) >= 11 is 0. The van der Waals surface area contributed by atoms with Crippen molar-refractivity contribution >= 4 is 12.7 Å². The smallest absolute Gasteiger partial charge is 0.398 e. The first-order chi connectivity index (χ1) is 7.77. The monoisotopic (exact) mass is 233 g/mol. The third-order valence-corrected chi connectivity index (χ3v) is 3.45. The van der Waals surface area contributed by atoms with Gasteiger partial charge in [-0.1, -0.05) is 0 Å². The Bertz CT molecular complexity index is 471. The minimum absolute atomic E-state index is 0.415. The largest absolute Gasteiger partial charge is 0.517 e. The molecule has 0 spiro atoms. The van der Waals surface area contributed by atoms with Crippen LogP contribution in [0.15, 0.2) is 6.20 Å². The molecule has 6 heteroatoms. The predicted octanol–water partition coefficient (Wildman–Crippen LogP) is 0.591. The lowest BCUT2D eigenvalue weighted by Gasteiger charge is -2.32. The molecule has 0 N–H and O–H groups in total. The minimum atomic E-state index is -0.573. The van der Waals surface area contributed by atoms with E-state index >= 15 is 0 Å². The van der Waals surface area contributed by atoms with Crippen molar-refractivity contribution in [3.8, 4) is 6.07 Å². The molecular weight excluding hydrogens is 217 g/mol. The van der Waals surface area contributed by atoms with E-state index in [9.17, 15) is 0 Å². The van der Waals surface area contributed by atoms with Gasteiger partial charge in [-0.2, -0.15) is 10.4 Å². The summed E-state index contributed by atoms with van der Waals surface area (Å²) in [7, 11) is 1.20. The quantitative estimate of drug-likeness (QED) is 0.666. The number of nitriles is 1.